The number of nitrogens with one attached hydrogen (secondary N) is 1. The van der Waals surface area contributed by atoms with Gasteiger partial charge in [-0.25, -0.2) is 9.59 Å². The van der Waals surface area contributed by atoms with Crippen molar-refractivity contribution in [3.63, 3.8) is 0 Å². The standard InChI is InChI=1S/C17H31NO5/c1-16(2,3)22-14(20)13(12-9-7-8-11(12)10-19)18-15(21)23-17(4,5)6/h11-13,19H,7-10H2,1-6H3,(H,18,21)/t11-,12-,13+/m0/s1. The van der Waals surface area contributed by atoms with E-state index >= 15 is 0 Å². The van der Waals surface area contributed by atoms with Gasteiger partial charge in [0.1, 0.15) is 17.2 Å². The van der Waals surface area contributed by atoms with Crippen LogP contribution in [0.2, 0.25) is 0 Å². The zero-order chi connectivity index (χ0) is 17.8. The summed E-state index contributed by atoms with van der Waals surface area (Å²) in [6.07, 6.45) is 1.89. The summed E-state index contributed by atoms with van der Waals surface area (Å²) in [7, 11) is 0. The highest BCUT2D eigenvalue weighted by Gasteiger charge is 2.40. The first-order valence-electron chi connectivity index (χ1n) is 8.26. The Morgan fingerprint density at radius 2 is 1.65 bits per heavy atom. The van der Waals surface area contributed by atoms with Gasteiger partial charge in [0.05, 0.1) is 0 Å². The number of amides is 1. The Morgan fingerprint density at radius 3 is 2.13 bits per heavy atom. The molecular weight excluding hydrogens is 298 g/mol. The van der Waals surface area contributed by atoms with E-state index in [4.69, 9.17) is 9.47 Å². The highest BCUT2D eigenvalue weighted by molar-refractivity contribution is 5.82. The van der Waals surface area contributed by atoms with E-state index in [1.807, 2.05) is 0 Å². The van der Waals surface area contributed by atoms with Gasteiger partial charge in [-0.3, -0.25) is 0 Å². The molecular formula is C17H31NO5. The minimum Gasteiger partial charge on any atom is -0.458 e. The fourth-order valence-electron chi connectivity index (χ4n) is 2.87. The number of hydrogen-bond donors (Lipinski definition) is 2. The van der Waals surface area contributed by atoms with E-state index in [9.17, 15) is 14.7 Å². The highest BCUT2D eigenvalue weighted by atomic mass is 16.6. The Bertz CT molecular complexity index is 422. The predicted molar refractivity (Wildman–Crippen MR) is 86.9 cm³/mol. The molecule has 0 radical (unpaired) electrons. The van der Waals surface area contributed by atoms with Crippen molar-refractivity contribution in [3.8, 4) is 0 Å². The summed E-state index contributed by atoms with van der Waals surface area (Å²) >= 11 is 0. The van der Waals surface area contributed by atoms with Crippen LogP contribution in [0.3, 0.4) is 0 Å². The molecule has 1 aliphatic carbocycles. The molecule has 23 heavy (non-hydrogen) atoms. The quantitative estimate of drug-likeness (QED) is 0.775. The number of carbonyl (C=O) groups is 2. The average Bonchev–Trinajstić information content (AvgIpc) is 2.79. The fourth-order valence-corrected chi connectivity index (χ4v) is 2.87. The second kappa shape index (κ2) is 7.51. The van der Waals surface area contributed by atoms with Crippen molar-refractivity contribution >= 4 is 12.1 Å². The molecule has 0 heterocycles. The van der Waals surface area contributed by atoms with Crippen LogP contribution in [0, 0.1) is 11.8 Å². The van der Waals surface area contributed by atoms with Crippen LogP contribution in [0.5, 0.6) is 0 Å². The predicted octanol–water partition coefficient (Wildman–Crippen LogP) is 2.63. The number of aliphatic hydroxyl groups is 1. The zero-order valence-corrected chi connectivity index (χ0v) is 15.1. The molecule has 134 valence electrons. The van der Waals surface area contributed by atoms with Crippen LogP contribution in [0.1, 0.15) is 60.8 Å². The molecule has 0 saturated heterocycles. The Hall–Kier alpha value is -1.30. The normalized spacial score (nSPS) is 23.3. The number of alkyl carbamates (subject to hydrolysis) is 1. The van der Waals surface area contributed by atoms with Gasteiger partial charge in [0.15, 0.2) is 0 Å². The third-order valence-electron chi connectivity index (χ3n) is 3.71. The lowest BCUT2D eigenvalue weighted by atomic mass is 9.89. The van der Waals surface area contributed by atoms with Gasteiger partial charge in [0, 0.05) is 6.61 Å². The average molecular weight is 329 g/mol. The van der Waals surface area contributed by atoms with Crippen LogP contribution in [0.4, 0.5) is 4.79 Å². The molecule has 1 amide bonds. The van der Waals surface area contributed by atoms with Gasteiger partial charge >= 0.3 is 12.1 Å². The minimum atomic E-state index is -0.802. The second-order valence-electron chi connectivity index (χ2n) is 8.19. The maximum Gasteiger partial charge on any atom is 0.408 e. The van der Waals surface area contributed by atoms with Crippen LogP contribution in [-0.4, -0.2) is 41.0 Å². The summed E-state index contributed by atoms with van der Waals surface area (Å²) in [5, 5.41) is 12.2. The van der Waals surface area contributed by atoms with Crippen molar-refractivity contribution in [2.24, 2.45) is 11.8 Å². The summed E-state index contributed by atoms with van der Waals surface area (Å²) in [6, 6.07) is -0.802. The lowest BCUT2D eigenvalue weighted by Gasteiger charge is -2.31. The molecule has 0 aromatic carbocycles. The van der Waals surface area contributed by atoms with Crippen LogP contribution in [0.15, 0.2) is 0 Å². The zero-order valence-electron chi connectivity index (χ0n) is 15.1. The summed E-state index contributed by atoms with van der Waals surface area (Å²) in [5.41, 5.74) is -1.28. The molecule has 0 aromatic heterocycles. The van der Waals surface area contributed by atoms with Gasteiger partial charge in [0.2, 0.25) is 0 Å². The molecule has 0 aliphatic heterocycles. The van der Waals surface area contributed by atoms with Crippen LogP contribution in [-0.2, 0) is 14.3 Å². The van der Waals surface area contributed by atoms with Gasteiger partial charge in [-0.2, -0.15) is 0 Å². The van der Waals surface area contributed by atoms with E-state index in [0.717, 1.165) is 19.3 Å². The Morgan fingerprint density at radius 1 is 1.09 bits per heavy atom. The minimum absolute atomic E-state index is 0.0000367. The number of hydrogen-bond acceptors (Lipinski definition) is 5. The molecule has 6 nitrogen and oxygen atoms in total. The van der Waals surface area contributed by atoms with E-state index in [1.54, 1.807) is 41.5 Å². The van der Waals surface area contributed by atoms with Gasteiger partial charge in [-0.1, -0.05) is 6.42 Å². The third kappa shape index (κ3) is 6.77. The van der Waals surface area contributed by atoms with E-state index in [2.05, 4.69) is 5.32 Å². The topological polar surface area (TPSA) is 84.9 Å². The van der Waals surface area contributed by atoms with Crippen LogP contribution in [0.25, 0.3) is 0 Å². The third-order valence-corrected chi connectivity index (χ3v) is 3.71. The number of aliphatic hydroxyl groups excluding tert-OH is 1. The molecule has 0 aromatic rings. The van der Waals surface area contributed by atoms with Crippen LogP contribution >= 0.6 is 0 Å². The van der Waals surface area contributed by atoms with Crippen molar-refractivity contribution in [2.75, 3.05) is 6.61 Å². The Labute approximate surface area is 138 Å². The second-order valence-corrected chi connectivity index (χ2v) is 8.19. The largest absolute Gasteiger partial charge is 0.458 e. The molecule has 0 unspecified atom stereocenters. The lowest BCUT2D eigenvalue weighted by Crippen LogP contribution is -2.51. The fraction of sp³-hybridized carbons (Fsp3) is 0.882. The van der Waals surface area contributed by atoms with Gasteiger partial charge < -0.3 is 19.9 Å². The molecule has 1 rings (SSSR count). The first-order valence-corrected chi connectivity index (χ1v) is 8.26. The first-order chi connectivity index (χ1) is 10.4. The maximum absolute atomic E-state index is 12.5. The molecule has 0 bridgehead atoms. The van der Waals surface area contributed by atoms with E-state index in [0.29, 0.717) is 0 Å². The molecule has 6 heteroatoms. The molecule has 1 fully saturated rings. The maximum atomic E-state index is 12.5. The monoisotopic (exact) mass is 329 g/mol. The number of esters is 1. The Kier molecular flexibility index (Phi) is 6.45. The van der Waals surface area contributed by atoms with Crippen molar-refractivity contribution < 1.29 is 24.2 Å². The highest BCUT2D eigenvalue weighted by Crippen LogP contribution is 2.34. The summed E-state index contributed by atoms with van der Waals surface area (Å²) in [5.74, 6) is -0.626. The smallest absolute Gasteiger partial charge is 0.408 e. The summed E-state index contributed by atoms with van der Waals surface area (Å²) in [4.78, 5) is 24.6. The first kappa shape index (κ1) is 19.7. The number of carbonyl (C=O) groups excluding carboxylic acids is 2. The van der Waals surface area contributed by atoms with Crippen LogP contribution < -0.4 is 5.32 Å². The van der Waals surface area contributed by atoms with Gasteiger partial charge in [-0.15, -0.1) is 0 Å². The van der Waals surface area contributed by atoms with Crippen molar-refractivity contribution in [3.05, 3.63) is 0 Å². The number of rotatable bonds is 4. The number of ether oxygens (including phenoxy) is 2. The van der Waals surface area contributed by atoms with E-state index in [1.165, 1.54) is 0 Å². The van der Waals surface area contributed by atoms with E-state index < -0.39 is 29.3 Å². The van der Waals surface area contributed by atoms with Crippen molar-refractivity contribution in [1.29, 1.82) is 0 Å². The summed E-state index contributed by atoms with van der Waals surface area (Å²) in [6.45, 7) is 10.7. The molecule has 1 aliphatic rings. The molecule has 3 atom stereocenters. The summed E-state index contributed by atoms with van der Waals surface area (Å²) < 4.78 is 10.7. The van der Waals surface area contributed by atoms with E-state index in [-0.39, 0.29) is 18.4 Å². The molecule has 0 spiro atoms. The van der Waals surface area contributed by atoms with Gasteiger partial charge in [-0.05, 0) is 66.2 Å². The van der Waals surface area contributed by atoms with Crippen molar-refractivity contribution in [1.82, 2.24) is 5.32 Å². The SMILES string of the molecule is CC(C)(C)OC(=O)N[C@@H](C(=O)OC(C)(C)C)[C@H]1CCC[C@H]1CO. The lowest BCUT2D eigenvalue weighted by molar-refractivity contribution is -0.159. The van der Waals surface area contributed by atoms with Crippen molar-refractivity contribution in [2.45, 2.75) is 78.0 Å². The Balaban J connectivity index is 2.88. The molecule has 2 N–H and O–H groups in total. The van der Waals surface area contributed by atoms with Gasteiger partial charge in [0.25, 0.3) is 0 Å². The molecule has 1 saturated carbocycles.